The second kappa shape index (κ2) is 9.43. The minimum Gasteiger partial charge on any atom is -0.452 e. The molecule has 0 aliphatic heterocycles. The van der Waals surface area contributed by atoms with Crippen LogP contribution in [0.5, 0.6) is 0 Å². The van der Waals surface area contributed by atoms with Gasteiger partial charge in [0.25, 0.3) is 5.91 Å². The lowest BCUT2D eigenvalue weighted by atomic mass is 10.1. The predicted octanol–water partition coefficient (Wildman–Crippen LogP) is 2.35. The van der Waals surface area contributed by atoms with Gasteiger partial charge in [-0.1, -0.05) is 35.9 Å². The number of hydrogen-bond acceptors (Lipinski definition) is 5. The number of primary amides is 1. The Morgan fingerprint density at radius 1 is 1.04 bits per heavy atom. The van der Waals surface area contributed by atoms with E-state index < -0.39 is 24.5 Å². The van der Waals surface area contributed by atoms with Crippen LogP contribution in [0.2, 0.25) is 5.02 Å². The number of benzene rings is 2. The monoisotopic (exact) mass is 375 g/mol. The average molecular weight is 376 g/mol. The van der Waals surface area contributed by atoms with E-state index in [0.717, 1.165) is 12.0 Å². The largest absolute Gasteiger partial charge is 0.452 e. The van der Waals surface area contributed by atoms with Crippen LogP contribution in [-0.4, -0.2) is 31.1 Å². The number of nitrogens with one attached hydrogen (secondary N) is 2. The number of anilines is 1. The van der Waals surface area contributed by atoms with Gasteiger partial charge in [-0.15, -0.1) is 0 Å². The van der Waals surface area contributed by atoms with E-state index in [2.05, 4.69) is 5.32 Å². The zero-order valence-electron chi connectivity index (χ0n) is 13.8. The molecule has 0 bridgehead atoms. The quantitative estimate of drug-likeness (QED) is 0.643. The molecule has 4 N–H and O–H groups in total. The van der Waals surface area contributed by atoms with Gasteiger partial charge >= 0.3 is 12.0 Å². The number of imide groups is 1. The molecule has 0 aromatic heterocycles. The summed E-state index contributed by atoms with van der Waals surface area (Å²) in [7, 11) is 0. The van der Waals surface area contributed by atoms with Gasteiger partial charge in [-0.25, -0.2) is 9.59 Å². The van der Waals surface area contributed by atoms with E-state index in [1.165, 1.54) is 0 Å². The van der Waals surface area contributed by atoms with E-state index in [4.69, 9.17) is 22.1 Å². The third kappa shape index (κ3) is 6.10. The number of carbonyl (C=O) groups excluding carboxylic acids is 3. The Kier molecular flexibility index (Phi) is 6.99. The van der Waals surface area contributed by atoms with E-state index in [1.807, 2.05) is 29.6 Å². The summed E-state index contributed by atoms with van der Waals surface area (Å²) in [5.74, 6) is -1.47. The van der Waals surface area contributed by atoms with Crippen LogP contribution in [0.15, 0.2) is 48.5 Å². The van der Waals surface area contributed by atoms with Crippen molar-refractivity contribution >= 4 is 35.2 Å². The summed E-state index contributed by atoms with van der Waals surface area (Å²) >= 11 is 5.86. The smallest absolute Gasteiger partial charge is 0.340 e. The molecule has 0 unspecified atom stereocenters. The number of halogens is 1. The molecule has 0 saturated heterocycles. The number of rotatable bonds is 7. The molecule has 2 rings (SSSR count). The van der Waals surface area contributed by atoms with Crippen molar-refractivity contribution in [3.8, 4) is 0 Å². The lowest BCUT2D eigenvalue weighted by Gasteiger charge is -2.11. The number of amides is 3. The molecule has 2 aromatic rings. The standard InChI is InChI=1S/C18H18ClN3O4/c19-13-7-5-12(6-8-13)9-10-21-15-4-2-1-3-14(15)17(24)26-11-16(23)22-18(20)25/h1-8,21H,9-11H2,(H3,20,22,23,25). The van der Waals surface area contributed by atoms with Crippen molar-refractivity contribution in [1.82, 2.24) is 5.32 Å². The molecule has 0 radical (unpaired) electrons. The molecule has 0 spiro atoms. The zero-order chi connectivity index (χ0) is 18.9. The normalized spacial score (nSPS) is 10.0. The van der Waals surface area contributed by atoms with Crippen LogP contribution in [0.1, 0.15) is 15.9 Å². The van der Waals surface area contributed by atoms with Gasteiger partial charge in [0.1, 0.15) is 0 Å². The number of ether oxygens (including phenoxy) is 1. The number of para-hydroxylation sites is 1. The fourth-order valence-electron chi connectivity index (χ4n) is 2.19. The van der Waals surface area contributed by atoms with E-state index in [-0.39, 0.29) is 5.56 Å². The fraction of sp³-hybridized carbons (Fsp3) is 0.167. The van der Waals surface area contributed by atoms with Crippen molar-refractivity contribution in [2.75, 3.05) is 18.5 Å². The maximum atomic E-state index is 12.2. The third-order valence-corrected chi connectivity index (χ3v) is 3.64. The summed E-state index contributed by atoms with van der Waals surface area (Å²) < 4.78 is 4.90. The Morgan fingerprint density at radius 2 is 1.73 bits per heavy atom. The molecule has 0 aliphatic carbocycles. The molecule has 136 valence electrons. The molecule has 2 aromatic carbocycles. The minimum absolute atomic E-state index is 0.287. The summed E-state index contributed by atoms with van der Waals surface area (Å²) in [6.45, 7) is -0.00499. The molecule has 8 heteroatoms. The van der Waals surface area contributed by atoms with Gasteiger partial charge in [-0.3, -0.25) is 10.1 Å². The molecule has 0 aliphatic rings. The third-order valence-electron chi connectivity index (χ3n) is 3.39. The fourth-order valence-corrected chi connectivity index (χ4v) is 2.32. The molecule has 0 atom stereocenters. The van der Waals surface area contributed by atoms with Crippen LogP contribution in [-0.2, 0) is 16.0 Å². The number of hydrogen-bond donors (Lipinski definition) is 3. The number of urea groups is 1. The van der Waals surface area contributed by atoms with Crippen molar-refractivity contribution in [2.24, 2.45) is 5.73 Å². The van der Waals surface area contributed by atoms with Crippen molar-refractivity contribution in [3.63, 3.8) is 0 Å². The first-order valence-electron chi connectivity index (χ1n) is 7.79. The lowest BCUT2D eigenvalue weighted by molar-refractivity contribution is -0.123. The summed E-state index contributed by atoms with van der Waals surface area (Å²) in [5, 5.41) is 5.66. The summed E-state index contributed by atoms with van der Waals surface area (Å²) in [6, 6.07) is 13.3. The van der Waals surface area contributed by atoms with Crippen LogP contribution < -0.4 is 16.4 Å². The predicted molar refractivity (Wildman–Crippen MR) is 98.1 cm³/mol. The SMILES string of the molecule is NC(=O)NC(=O)COC(=O)c1ccccc1NCCc1ccc(Cl)cc1. The van der Waals surface area contributed by atoms with Crippen molar-refractivity contribution in [3.05, 3.63) is 64.7 Å². The van der Waals surface area contributed by atoms with Gasteiger partial charge in [0, 0.05) is 17.3 Å². The number of nitrogens with two attached hydrogens (primary N) is 1. The summed E-state index contributed by atoms with van der Waals surface area (Å²) in [6.07, 6.45) is 0.738. The first-order chi connectivity index (χ1) is 12.5. The molecular weight excluding hydrogens is 358 g/mol. The second-order valence-electron chi connectivity index (χ2n) is 5.34. The Balaban J connectivity index is 1.91. The van der Waals surface area contributed by atoms with E-state index in [1.54, 1.807) is 24.3 Å². The highest BCUT2D eigenvalue weighted by Gasteiger charge is 2.14. The van der Waals surface area contributed by atoms with Crippen LogP contribution in [0.25, 0.3) is 0 Å². The van der Waals surface area contributed by atoms with Gasteiger partial charge in [-0.05, 0) is 36.2 Å². The van der Waals surface area contributed by atoms with Crippen molar-refractivity contribution in [2.45, 2.75) is 6.42 Å². The van der Waals surface area contributed by atoms with Crippen molar-refractivity contribution in [1.29, 1.82) is 0 Å². The van der Waals surface area contributed by atoms with E-state index in [9.17, 15) is 14.4 Å². The van der Waals surface area contributed by atoms with Crippen LogP contribution in [0, 0.1) is 0 Å². The van der Waals surface area contributed by atoms with Crippen LogP contribution >= 0.6 is 11.6 Å². The summed E-state index contributed by atoms with van der Waals surface area (Å²) in [4.78, 5) is 34.0. The zero-order valence-corrected chi connectivity index (χ0v) is 14.6. The lowest BCUT2D eigenvalue weighted by Crippen LogP contribution is -2.37. The molecule has 3 amide bonds. The first kappa shape index (κ1) is 19.3. The average Bonchev–Trinajstić information content (AvgIpc) is 2.61. The van der Waals surface area contributed by atoms with Crippen molar-refractivity contribution < 1.29 is 19.1 Å². The number of carbonyl (C=O) groups is 3. The Morgan fingerprint density at radius 3 is 2.42 bits per heavy atom. The minimum atomic E-state index is -1.00. The van der Waals surface area contributed by atoms with E-state index >= 15 is 0 Å². The van der Waals surface area contributed by atoms with Gasteiger partial charge in [0.2, 0.25) is 0 Å². The molecule has 0 fully saturated rings. The molecular formula is C18H18ClN3O4. The second-order valence-corrected chi connectivity index (χ2v) is 5.77. The molecule has 7 nitrogen and oxygen atoms in total. The topological polar surface area (TPSA) is 111 Å². The van der Waals surface area contributed by atoms with Crippen LogP contribution in [0.4, 0.5) is 10.5 Å². The van der Waals surface area contributed by atoms with Gasteiger partial charge in [-0.2, -0.15) is 0 Å². The molecule has 26 heavy (non-hydrogen) atoms. The number of esters is 1. The molecule has 0 saturated carbocycles. The van der Waals surface area contributed by atoms with E-state index in [0.29, 0.717) is 17.3 Å². The highest BCUT2D eigenvalue weighted by molar-refractivity contribution is 6.30. The highest BCUT2D eigenvalue weighted by atomic mass is 35.5. The van der Waals surface area contributed by atoms with Gasteiger partial charge < -0.3 is 15.8 Å². The van der Waals surface area contributed by atoms with Crippen LogP contribution in [0.3, 0.4) is 0 Å². The first-order valence-corrected chi connectivity index (χ1v) is 8.17. The highest BCUT2D eigenvalue weighted by Crippen LogP contribution is 2.17. The summed E-state index contributed by atoms with van der Waals surface area (Å²) in [5.41, 5.74) is 6.79. The Bertz CT molecular complexity index is 793. The maximum absolute atomic E-state index is 12.2. The van der Waals surface area contributed by atoms with Gasteiger partial charge in [0.05, 0.1) is 5.56 Å². The maximum Gasteiger partial charge on any atom is 0.340 e. The Labute approximate surface area is 155 Å². The molecule has 0 heterocycles. The Hall–Kier alpha value is -3.06. The van der Waals surface area contributed by atoms with Gasteiger partial charge in [0.15, 0.2) is 6.61 Å².